The fourth-order valence-corrected chi connectivity index (χ4v) is 2.24. The first-order valence-corrected chi connectivity index (χ1v) is 7.42. The summed E-state index contributed by atoms with van der Waals surface area (Å²) >= 11 is 0. The molecular formula is C16H18N6O. The summed E-state index contributed by atoms with van der Waals surface area (Å²) in [7, 11) is 0. The lowest BCUT2D eigenvalue weighted by atomic mass is 10.2. The Morgan fingerprint density at radius 3 is 2.83 bits per heavy atom. The first kappa shape index (κ1) is 14.8. The number of hydrogen-bond donors (Lipinski definition) is 2. The second-order valence-electron chi connectivity index (χ2n) is 5.00. The average molecular weight is 310 g/mol. The third-order valence-electron chi connectivity index (χ3n) is 3.34. The van der Waals surface area contributed by atoms with Gasteiger partial charge >= 0.3 is 6.03 Å². The van der Waals surface area contributed by atoms with Crippen LogP contribution in [0.2, 0.25) is 0 Å². The molecule has 0 unspecified atom stereocenters. The highest BCUT2D eigenvalue weighted by Gasteiger charge is 2.07. The zero-order chi connectivity index (χ0) is 15.9. The van der Waals surface area contributed by atoms with Gasteiger partial charge in [0.2, 0.25) is 0 Å². The smallest absolute Gasteiger partial charge is 0.319 e. The average Bonchev–Trinajstić information content (AvgIpc) is 3.26. The van der Waals surface area contributed by atoms with Crippen LogP contribution in [-0.2, 0) is 6.54 Å². The van der Waals surface area contributed by atoms with Crippen LogP contribution in [0.1, 0.15) is 6.42 Å². The molecule has 0 radical (unpaired) electrons. The van der Waals surface area contributed by atoms with Gasteiger partial charge in [-0.3, -0.25) is 0 Å². The SMILES string of the molecule is O=C(NCCCn1ccnc1)Nc1ccccc1-n1cccn1. The second kappa shape index (κ2) is 7.26. The minimum atomic E-state index is -0.227. The third-order valence-corrected chi connectivity index (χ3v) is 3.34. The van der Waals surface area contributed by atoms with Crippen LogP contribution < -0.4 is 10.6 Å². The molecule has 0 saturated heterocycles. The molecular weight excluding hydrogens is 292 g/mol. The van der Waals surface area contributed by atoms with Gasteiger partial charge in [0.1, 0.15) is 0 Å². The van der Waals surface area contributed by atoms with Crippen molar-refractivity contribution >= 4 is 11.7 Å². The molecule has 7 heteroatoms. The zero-order valence-electron chi connectivity index (χ0n) is 12.6. The molecule has 0 bridgehead atoms. The van der Waals surface area contributed by atoms with Crippen molar-refractivity contribution in [3.63, 3.8) is 0 Å². The Morgan fingerprint density at radius 2 is 2.04 bits per heavy atom. The van der Waals surface area contributed by atoms with Gasteiger partial charge in [0.25, 0.3) is 0 Å². The number of rotatable bonds is 6. The number of carbonyl (C=O) groups excluding carboxylic acids is 1. The van der Waals surface area contributed by atoms with Crippen LogP contribution in [-0.4, -0.2) is 31.9 Å². The lowest BCUT2D eigenvalue weighted by Gasteiger charge is -2.12. The van der Waals surface area contributed by atoms with Gasteiger partial charge < -0.3 is 15.2 Å². The molecule has 23 heavy (non-hydrogen) atoms. The summed E-state index contributed by atoms with van der Waals surface area (Å²) in [4.78, 5) is 16.0. The van der Waals surface area contributed by atoms with Gasteiger partial charge in [-0.2, -0.15) is 5.10 Å². The van der Waals surface area contributed by atoms with Crippen LogP contribution >= 0.6 is 0 Å². The highest BCUT2D eigenvalue weighted by molar-refractivity contribution is 5.91. The number of benzene rings is 1. The van der Waals surface area contributed by atoms with Gasteiger partial charge in [0.15, 0.2) is 0 Å². The van der Waals surface area contributed by atoms with Crippen LogP contribution in [0.15, 0.2) is 61.4 Å². The number of carbonyl (C=O) groups is 1. The lowest BCUT2D eigenvalue weighted by molar-refractivity contribution is 0.252. The van der Waals surface area contributed by atoms with Crippen LogP contribution in [0.3, 0.4) is 0 Å². The molecule has 0 aliphatic rings. The molecule has 3 rings (SSSR count). The summed E-state index contributed by atoms with van der Waals surface area (Å²) in [6.07, 6.45) is 9.79. The minimum Gasteiger partial charge on any atom is -0.338 e. The van der Waals surface area contributed by atoms with Crippen LogP contribution in [0, 0.1) is 0 Å². The quantitative estimate of drug-likeness (QED) is 0.686. The highest BCUT2D eigenvalue weighted by atomic mass is 16.2. The summed E-state index contributed by atoms with van der Waals surface area (Å²) in [6, 6.07) is 9.15. The van der Waals surface area contributed by atoms with E-state index >= 15 is 0 Å². The molecule has 2 aromatic heterocycles. The highest BCUT2D eigenvalue weighted by Crippen LogP contribution is 2.18. The molecule has 2 heterocycles. The summed E-state index contributed by atoms with van der Waals surface area (Å²) < 4.78 is 3.70. The van der Waals surface area contributed by atoms with Crippen LogP contribution in [0.4, 0.5) is 10.5 Å². The number of nitrogens with zero attached hydrogens (tertiary/aromatic N) is 4. The van der Waals surface area contributed by atoms with Gasteiger partial charge in [-0.05, 0) is 24.6 Å². The predicted molar refractivity (Wildman–Crippen MR) is 87.4 cm³/mol. The van der Waals surface area contributed by atoms with E-state index in [9.17, 15) is 4.79 Å². The molecule has 2 amide bonds. The minimum absolute atomic E-state index is 0.227. The largest absolute Gasteiger partial charge is 0.338 e. The first-order chi connectivity index (χ1) is 11.3. The van der Waals surface area contributed by atoms with E-state index < -0.39 is 0 Å². The van der Waals surface area contributed by atoms with Gasteiger partial charge in [0.05, 0.1) is 17.7 Å². The van der Waals surface area contributed by atoms with E-state index in [1.807, 2.05) is 47.3 Å². The topological polar surface area (TPSA) is 76.8 Å². The van der Waals surface area contributed by atoms with Crippen molar-refractivity contribution in [3.05, 3.63) is 61.4 Å². The lowest BCUT2D eigenvalue weighted by Crippen LogP contribution is -2.30. The Bertz CT molecular complexity index is 736. The fourth-order valence-electron chi connectivity index (χ4n) is 2.24. The number of amides is 2. The van der Waals surface area contributed by atoms with E-state index in [4.69, 9.17) is 0 Å². The van der Waals surface area contributed by atoms with Gasteiger partial charge in [-0.1, -0.05) is 12.1 Å². The Hall–Kier alpha value is -3.09. The number of imidazole rings is 1. The van der Waals surface area contributed by atoms with Crippen molar-refractivity contribution in [1.29, 1.82) is 0 Å². The Morgan fingerprint density at radius 1 is 1.13 bits per heavy atom. The van der Waals surface area contributed by atoms with Crippen LogP contribution in [0.5, 0.6) is 0 Å². The number of nitrogens with one attached hydrogen (secondary N) is 2. The summed E-state index contributed by atoms with van der Waals surface area (Å²) in [6.45, 7) is 1.41. The first-order valence-electron chi connectivity index (χ1n) is 7.42. The van der Waals surface area contributed by atoms with Crippen molar-refractivity contribution in [2.24, 2.45) is 0 Å². The normalized spacial score (nSPS) is 10.4. The van der Waals surface area contributed by atoms with E-state index in [0.717, 1.165) is 18.7 Å². The molecule has 0 aliphatic carbocycles. The van der Waals surface area contributed by atoms with E-state index in [0.29, 0.717) is 12.2 Å². The maximum Gasteiger partial charge on any atom is 0.319 e. The standard InChI is InChI=1S/C16H18N6O/c23-16(18-7-3-10-21-12-9-17-13-21)20-14-5-1-2-6-15(14)22-11-4-8-19-22/h1-2,4-6,8-9,11-13H,3,7,10H2,(H2,18,20,23). The molecule has 2 N–H and O–H groups in total. The van der Waals surface area contributed by atoms with Crippen molar-refractivity contribution < 1.29 is 4.79 Å². The Balaban J connectivity index is 1.52. The number of urea groups is 1. The second-order valence-corrected chi connectivity index (χ2v) is 5.00. The number of aryl methyl sites for hydroxylation is 1. The molecule has 1 aromatic carbocycles. The molecule has 0 fully saturated rings. The molecule has 0 aliphatic heterocycles. The number of aromatic nitrogens is 4. The van der Waals surface area contributed by atoms with E-state index in [2.05, 4.69) is 20.7 Å². The predicted octanol–water partition coefficient (Wildman–Crippen LogP) is 2.28. The van der Waals surface area contributed by atoms with E-state index in [-0.39, 0.29) is 6.03 Å². The molecule has 0 saturated carbocycles. The molecule has 0 atom stereocenters. The molecule has 118 valence electrons. The zero-order valence-corrected chi connectivity index (χ0v) is 12.6. The monoisotopic (exact) mass is 310 g/mol. The van der Waals surface area contributed by atoms with Gasteiger partial charge in [-0.15, -0.1) is 0 Å². The molecule has 0 spiro atoms. The third kappa shape index (κ3) is 3.97. The Labute approximate surface area is 134 Å². The van der Waals surface area contributed by atoms with Gasteiger partial charge in [-0.25, -0.2) is 14.5 Å². The molecule has 3 aromatic rings. The maximum atomic E-state index is 12.0. The van der Waals surface area contributed by atoms with Crippen molar-refractivity contribution in [1.82, 2.24) is 24.6 Å². The Kier molecular flexibility index (Phi) is 4.68. The number of hydrogen-bond acceptors (Lipinski definition) is 3. The fraction of sp³-hybridized carbons (Fsp3) is 0.188. The summed E-state index contributed by atoms with van der Waals surface area (Å²) in [5, 5.41) is 9.91. The van der Waals surface area contributed by atoms with Gasteiger partial charge in [0, 0.05) is 37.9 Å². The van der Waals surface area contributed by atoms with Crippen molar-refractivity contribution in [3.8, 4) is 5.69 Å². The number of para-hydroxylation sites is 2. The van der Waals surface area contributed by atoms with E-state index in [1.165, 1.54) is 0 Å². The molecule has 7 nitrogen and oxygen atoms in total. The summed E-state index contributed by atoms with van der Waals surface area (Å²) in [5.41, 5.74) is 1.54. The summed E-state index contributed by atoms with van der Waals surface area (Å²) in [5.74, 6) is 0. The maximum absolute atomic E-state index is 12.0. The number of anilines is 1. The van der Waals surface area contributed by atoms with Crippen LogP contribution in [0.25, 0.3) is 5.69 Å². The van der Waals surface area contributed by atoms with Crippen molar-refractivity contribution in [2.75, 3.05) is 11.9 Å². The van der Waals surface area contributed by atoms with Crippen molar-refractivity contribution in [2.45, 2.75) is 13.0 Å². The van der Waals surface area contributed by atoms with E-state index in [1.54, 1.807) is 23.4 Å².